The Morgan fingerprint density at radius 1 is 1.40 bits per heavy atom. The van der Waals surface area contributed by atoms with Crippen molar-refractivity contribution in [2.75, 3.05) is 26.2 Å². The molecule has 1 fully saturated rings. The van der Waals surface area contributed by atoms with Gasteiger partial charge in [0.25, 0.3) is 0 Å². The maximum Gasteiger partial charge on any atom is 0.309 e. The Hall–Kier alpha value is -0.570. The number of hydrogen-bond acceptors (Lipinski definition) is 2. The van der Waals surface area contributed by atoms with E-state index in [2.05, 4.69) is 10.2 Å². The molecule has 0 aromatic heterocycles. The number of nitrogens with one attached hydrogen (secondary N) is 1. The predicted octanol–water partition coefficient (Wildman–Crippen LogP) is -0.261. The van der Waals surface area contributed by atoms with Gasteiger partial charge in [-0.2, -0.15) is 0 Å². The second-order valence-corrected chi connectivity index (χ2v) is 2.58. The first-order valence-electron chi connectivity index (χ1n) is 3.76. The van der Waals surface area contributed by atoms with Crippen molar-refractivity contribution in [3.8, 4) is 0 Å². The molecule has 0 bridgehead atoms. The highest BCUT2D eigenvalue weighted by Gasteiger charge is 2.09. The standard InChI is InChI=1S/C7H13N2O/c10-7-8-3-6-9-4-1-2-5-9/h1-6H2,(H,8,10). The Bertz CT molecular complexity index is 99.8. The van der Waals surface area contributed by atoms with E-state index < -0.39 is 0 Å². The van der Waals surface area contributed by atoms with Crippen molar-refractivity contribution in [1.82, 2.24) is 10.2 Å². The van der Waals surface area contributed by atoms with Crippen molar-refractivity contribution < 1.29 is 4.79 Å². The van der Waals surface area contributed by atoms with Gasteiger partial charge < -0.3 is 10.2 Å². The summed E-state index contributed by atoms with van der Waals surface area (Å²) >= 11 is 0. The monoisotopic (exact) mass is 141 g/mol. The minimum Gasteiger partial charge on any atom is -0.347 e. The van der Waals surface area contributed by atoms with Crippen molar-refractivity contribution in [2.24, 2.45) is 0 Å². The van der Waals surface area contributed by atoms with Gasteiger partial charge in [0.1, 0.15) is 0 Å². The van der Waals surface area contributed by atoms with Crippen LogP contribution in [0.5, 0.6) is 0 Å². The molecule has 1 heterocycles. The molecule has 0 atom stereocenters. The number of amides is 1. The summed E-state index contributed by atoms with van der Waals surface area (Å²) in [6.45, 7) is 4.11. The highest BCUT2D eigenvalue weighted by molar-refractivity contribution is 5.46. The highest BCUT2D eigenvalue weighted by atomic mass is 16.1. The molecule has 57 valence electrons. The zero-order chi connectivity index (χ0) is 7.23. The smallest absolute Gasteiger partial charge is 0.309 e. The van der Waals surface area contributed by atoms with Crippen LogP contribution in [0, 0.1) is 0 Å². The summed E-state index contributed by atoms with van der Waals surface area (Å²) in [7, 11) is 0. The molecular weight excluding hydrogens is 128 g/mol. The normalized spacial score (nSPS) is 19.2. The Morgan fingerprint density at radius 3 is 2.70 bits per heavy atom. The predicted molar refractivity (Wildman–Crippen MR) is 39.4 cm³/mol. The summed E-state index contributed by atoms with van der Waals surface area (Å²) in [4.78, 5) is 12.1. The van der Waals surface area contributed by atoms with Crippen LogP contribution in [0.2, 0.25) is 0 Å². The summed E-state index contributed by atoms with van der Waals surface area (Å²) < 4.78 is 0. The summed E-state index contributed by atoms with van der Waals surface area (Å²) in [5.74, 6) is 0. The van der Waals surface area contributed by atoms with Crippen LogP contribution in [0.15, 0.2) is 0 Å². The van der Waals surface area contributed by atoms with E-state index in [0.717, 1.165) is 13.1 Å². The van der Waals surface area contributed by atoms with Crippen LogP contribution in [-0.4, -0.2) is 37.5 Å². The summed E-state index contributed by atoms with van der Waals surface area (Å²) in [5, 5.41) is 2.53. The molecule has 0 unspecified atom stereocenters. The van der Waals surface area contributed by atoms with Gasteiger partial charge in [-0.1, -0.05) is 0 Å². The van der Waals surface area contributed by atoms with E-state index >= 15 is 0 Å². The number of likely N-dealkylation sites (tertiary alicyclic amines) is 1. The van der Waals surface area contributed by atoms with Crippen molar-refractivity contribution in [1.29, 1.82) is 0 Å². The van der Waals surface area contributed by atoms with Gasteiger partial charge in [-0.05, 0) is 25.9 Å². The highest BCUT2D eigenvalue weighted by Crippen LogP contribution is 2.05. The molecule has 1 amide bonds. The van der Waals surface area contributed by atoms with Gasteiger partial charge >= 0.3 is 6.41 Å². The minimum atomic E-state index is 0.740. The van der Waals surface area contributed by atoms with E-state index in [0.29, 0.717) is 0 Å². The van der Waals surface area contributed by atoms with E-state index in [1.54, 1.807) is 6.41 Å². The van der Waals surface area contributed by atoms with Crippen LogP contribution in [-0.2, 0) is 4.79 Å². The Balaban J connectivity index is 1.96. The second kappa shape index (κ2) is 4.28. The lowest BCUT2D eigenvalue weighted by atomic mass is 10.4. The van der Waals surface area contributed by atoms with Crippen molar-refractivity contribution in [2.45, 2.75) is 12.8 Å². The van der Waals surface area contributed by atoms with Crippen molar-refractivity contribution in [3.05, 3.63) is 0 Å². The fourth-order valence-electron chi connectivity index (χ4n) is 1.27. The topological polar surface area (TPSA) is 32.3 Å². The van der Waals surface area contributed by atoms with Crippen LogP contribution in [0.1, 0.15) is 12.8 Å². The van der Waals surface area contributed by atoms with Gasteiger partial charge in [-0.3, -0.25) is 4.79 Å². The van der Waals surface area contributed by atoms with Crippen LogP contribution in [0.4, 0.5) is 0 Å². The molecule has 10 heavy (non-hydrogen) atoms. The number of nitrogens with zero attached hydrogens (tertiary/aromatic N) is 1. The van der Waals surface area contributed by atoms with E-state index in [1.807, 2.05) is 0 Å². The summed E-state index contributed by atoms with van der Waals surface area (Å²) in [6, 6.07) is 0. The van der Waals surface area contributed by atoms with Crippen LogP contribution in [0.3, 0.4) is 0 Å². The van der Waals surface area contributed by atoms with E-state index in [1.165, 1.54) is 25.9 Å². The molecule has 1 saturated heterocycles. The molecule has 1 rings (SSSR count). The largest absolute Gasteiger partial charge is 0.347 e. The first-order chi connectivity index (χ1) is 4.93. The number of carbonyl (C=O) groups excluding carboxylic acids is 1. The Morgan fingerprint density at radius 2 is 2.10 bits per heavy atom. The molecule has 1 aliphatic rings. The molecule has 1 N–H and O–H groups in total. The third-order valence-electron chi connectivity index (χ3n) is 1.82. The zero-order valence-corrected chi connectivity index (χ0v) is 6.10. The lowest BCUT2D eigenvalue weighted by Crippen LogP contribution is -2.29. The first kappa shape index (κ1) is 7.54. The average Bonchev–Trinajstić information content (AvgIpc) is 2.41. The van der Waals surface area contributed by atoms with Gasteiger partial charge in [-0.15, -0.1) is 0 Å². The maximum atomic E-state index is 9.72. The average molecular weight is 141 g/mol. The van der Waals surface area contributed by atoms with Crippen molar-refractivity contribution in [3.63, 3.8) is 0 Å². The summed E-state index contributed by atoms with van der Waals surface area (Å²) in [5.41, 5.74) is 0. The molecule has 1 aliphatic heterocycles. The fourth-order valence-corrected chi connectivity index (χ4v) is 1.27. The van der Waals surface area contributed by atoms with Gasteiger partial charge in [0.05, 0.1) is 0 Å². The number of rotatable bonds is 4. The molecule has 0 aliphatic carbocycles. The Kier molecular flexibility index (Phi) is 3.22. The van der Waals surface area contributed by atoms with E-state index in [4.69, 9.17) is 0 Å². The first-order valence-corrected chi connectivity index (χ1v) is 3.76. The lowest BCUT2D eigenvalue weighted by molar-refractivity contribution is 0.342. The molecular formula is C7H13N2O. The minimum absolute atomic E-state index is 0.740. The van der Waals surface area contributed by atoms with Gasteiger partial charge in [0.2, 0.25) is 0 Å². The van der Waals surface area contributed by atoms with Gasteiger partial charge in [0.15, 0.2) is 0 Å². The quantitative estimate of drug-likeness (QED) is 0.432. The molecule has 1 radical (unpaired) electrons. The van der Waals surface area contributed by atoms with Crippen LogP contribution >= 0.6 is 0 Å². The van der Waals surface area contributed by atoms with Gasteiger partial charge in [0, 0.05) is 13.1 Å². The third-order valence-corrected chi connectivity index (χ3v) is 1.82. The molecule has 0 aromatic carbocycles. The zero-order valence-electron chi connectivity index (χ0n) is 6.10. The second-order valence-electron chi connectivity index (χ2n) is 2.58. The van der Waals surface area contributed by atoms with E-state index in [9.17, 15) is 4.79 Å². The molecule has 0 spiro atoms. The van der Waals surface area contributed by atoms with E-state index in [-0.39, 0.29) is 0 Å². The lowest BCUT2D eigenvalue weighted by Gasteiger charge is -2.12. The van der Waals surface area contributed by atoms with Gasteiger partial charge in [-0.25, -0.2) is 0 Å². The fraction of sp³-hybridized carbons (Fsp3) is 0.857. The molecule has 3 nitrogen and oxygen atoms in total. The maximum absolute atomic E-state index is 9.72. The van der Waals surface area contributed by atoms with Crippen molar-refractivity contribution >= 4 is 6.41 Å². The molecule has 3 heteroatoms. The molecule has 0 aromatic rings. The van der Waals surface area contributed by atoms with Crippen LogP contribution in [0.25, 0.3) is 0 Å². The Labute approximate surface area is 61.4 Å². The third kappa shape index (κ3) is 2.35. The van der Waals surface area contributed by atoms with Crippen LogP contribution < -0.4 is 5.32 Å². The number of hydrogen-bond donors (Lipinski definition) is 1. The SMILES string of the molecule is O=[C]NCCN1CCCC1. The molecule has 0 saturated carbocycles. The summed E-state index contributed by atoms with van der Waals surface area (Å²) in [6.07, 6.45) is 4.29.